The third-order valence-electron chi connectivity index (χ3n) is 9.68. The highest BCUT2D eigenvalue weighted by molar-refractivity contribution is 7.89. The zero-order valence-corrected chi connectivity index (χ0v) is 31.3. The summed E-state index contributed by atoms with van der Waals surface area (Å²) in [6.45, 7) is 8.94. The van der Waals surface area contributed by atoms with E-state index in [2.05, 4.69) is 27.1 Å². The molecule has 2 aliphatic rings. The number of nitrogens with zero attached hydrogens (tertiary/aromatic N) is 3. The Kier molecular flexibility index (Phi) is 11.0. The molecule has 1 unspecified atom stereocenters. The predicted molar refractivity (Wildman–Crippen MR) is 198 cm³/mol. The summed E-state index contributed by atoms with van der Waals surface area (Å²) in [5.41, 5.74) is 0.575. The SMILES string of the molecule is C=C[C@@H]1C[C@]1(NC(=O)[C@@H]1C[C@@H](Oc2cc(-c3ccccc3)nc3cc(OC)ccc23)CN1C(=O)NC(CNS(=O)(=O)c1cc(C)on1)CC(C)C)C(=O)O. The van der Waals surface area contributed by atoms with Gasteiger partial charge in [-0.3, -0.25) is 4.79 Å². The number of hydrogen-bond donors (Lipinski definition) is 4. The Labute approximate surface area is 313 Å². The highest BCUT2D eigenvalue weighted by Crippen LogP contribution is 2.45. The van der Waals surface area contributed by atoms with Gasteiger partial charge in [0, 0.05) is 54.1 Å². The predicted octanol–water partition coefficient (Wildman–Crippen LogP) is 4.28. The van der Waals surface area contributed by atoms with Gasteiger partial charge < -0.3 is 34.6 Å². The number of carbonyl (C=O) groups is 3. The summed E-state index contributed by atoms with van der Waals surface area (Å²) < 4.78 is 45.3. The lowest BCUT2D eigenvalue weighted by Gasteiger charge is -2.28. The molecule has 2 fully saturated rings. The second-order valence-electron chi connectivity index (χ2n) is 14.1. The highest BCUT2D eigenvalue weighted by Gasteiger charge is 2.61. The summed E-state index contributed by atoms with van der Waals surface area (Å²) in [5.74, 6) is -0.862. The molecule has 2 aromatic heterocycles. The third kappa shape index (κ3) is 8.19. The van der Waals surface area contributed by atoms with Crippen molar-refractivity contribution in [3.8, 4) is 22.8 Å². The van der Waals surface area contributed by atoms with Gasteiger partial charge in [0.1, 0.15) is 34.9 Å². The number of rotatable bonds is 15. The molecule has 1 saturated heterocycles. The summed E-state index contributed by atoms with van der Waals surface area (Å²) in [4.78, 5) is 46.5. The van der Waals surface area contributed by atoms with E-state index in [4.69, 9.17) is 19.0 Å². The molecule has 15 nitrogen and oxygen atoms in total. The van der Waals surface area contributed by atoms with Crippen LogP contribution >= 0.6 is 0 Å². The molecule has 54 heavy (non-hydrogen) atoms. The average molecular weight is 761 g/mol. The number of benzene rings is 2. The lowest BCUT2D eigenvalue weighted by atomic mass is 10.0. The number of aliphatic carboxylic acids is 1. The number of methoxy groups -OCH3 is 1. The lowest BCUT2D eigenvalue weighted by Crippen LogP contribution is -2.56. The van der Waals surface area contributed by atoms with Gasteiger partial charge in [-0.2, -0.15) is 0 Å². The number of aryl methyl sites for hydroxylation is 1. The minimum absolute atomic E-state index is 0.0339. The Bertz CT molecular complexity index is 2160. The Morgan fingerprint density at radius 1 is 1.15 bits per heavy atom. The van der Waals surface area contributed by atoms with Crippen LogP contribution in [0.15, 0.2) is 82.9 Å². The average Bonchev–Trinajstić information content (AvgIpc) is 3.42. The van der Waals surface area contributed by atoms with E-state index in [0.29, 0.717) is 40.3 Å². The molecular weight excluding hydrogens is 717 g/mol. The van der Waals surface area contributed by atoms with Crippen molar-refractivity contribution in [1.29, 1.82) is 0 Å². The molecule has 0 spiro atoms. The first-order valence-corrected chi connectivity index (χ1v) is 19.1. The van der Waals surface area contributed by atoms with Crippen LogP contribution in [0.1, 0.15) is 38.9 Å². The molecule has 286 valence electrons. The standard InChI is InChI=1S/C38H44N6O9S/c1-6-25-19-38(25,36(46)47)42-35(45)32-17-28(52-33-18-30(24-10-8-7-9-11-24)41-31-16-27(51-5)12-13-29(31)33)21-44(32)37(48)40-26(14-22(2)3)20-39-54(49,50)34-15-23(4)53-43-34/h6-13,15-16,18,22,25-26,28,32,39H,1,14,17,19-21H2,2-5H3,(H,40,48)(H,42,45)(H,46,47)/t25-,26?,28-,32+,38-/m1/s1. The van der Waals surface area contributed by atoms with Gasteiger partial charge in [0.25, 0.3) is 10.0 Å². The Hall–Kier alpha value is -5.48. The van der Waals surface area contributed by atoms with E-state index in [-0.39, 0.29) is 36.9 Å². The maximum absolute atomic E-state index is 14.1. The molecule has 6 rings (SSSR count). The van der Waals surface area contributed by atoms with Crippen molar-refractivity contribution in [3.63, 3.8) is 0 Å². The topological polar surface area (TPSA) is 202 Å². The number of carboxylic acid groups (broad SMARTS) is 1. The minimum Gasteiger partial charge on any atom is -0.497 e. The maximum Gasteiger partial charge on any atom is 0.330 e. The molecular formula is C38H44N6O9S. The van der Waals surface area contributed by atoms with Gasteiger partial charge in [0.15, 0.2) is 0 Å². The van der Waals surface area contributed by atoms with Gasteiger partial charge in [-0.15, -0.1) is 6.58 Å². The summed E-state index contributed by atoms with van der Waals surface area (Å²) >= 11 is 0. The van der Waals surface area contributed by atoms with Gasteiger partial charge in [0.05, 0.1) is 24.9 Å². The van der Waals surface area contributed by atoms with E-state index in [0.717, 1.165) is 5.56 Å². The number of sulfonamides is 1. The molecule has 2 aromatic carbocycles. The van der Waals surface area contributed by atoms with Crippen molar-refractivity contribution in [3.05, 3.63) is 79.1 Å². The van der Waals surface area contributed by atoms with E-state index in [1.165, 1.54) is 17.0 Å². The quantitative estimate of drug-likeness (QED) is 0.126. The second-order valence-corrected chi connectivity index (χ2v) is 15.8. The third-order valence-corrected chi connectivity index (χ3v) is 11.0. The van der Waals surface area contributed by atoms with Crippen molar-refractivity contribution in [1.82, 2.24) is 30.4 Å². The van der Waals surface area contributed by atoms with Crippen LogP contribution in [0, 0.1) is 18.8 Å². The van der Waals surface area contributed by atoms with Crippen molar-refractivity contribution in [2.24, 2.45) is 11.8 Å². The molecule has 3 heterocycles. The summed E-state index contributed by atoms with van der Waals surface area (Å²) in [6.07, 6.45) is 1.41. The molecule has 5 atom stereocenters. The number of likely N-dealkylation sites (tertiary alicyclic amines) is 1. The number of amides is 3. The Balaban J connectivity index is 1.28. The number of carboxylic acids is 1. The van der Waals surface area contributed by atoms with Crippen LogP contribution in [0.25, 0.3) is 22.2 Å². The van der Waals surface area contributed by atoms with Gasteiger partial charge in [-0.25, -0.2) is 27.7 Å². The van der Waals surface area contributed by atoms with E-state index in [1.807, 2.05) is 50.2 Å². The molecule has 4 N–H and O–H groups in total. The van der Waals surface area contributed by atoms with Gasteiger partial charge in [-0.05, 0) is 37.8 Å². The number of nitrogens with one attached hydrogen (secondary N) is 3. The first-order valence-electron chi connectivity index (χ1n) is 17.6. The number of pyridine rings is 1. The van der Waals surface area contributed by atoms with Crippen LogP contribution in [0.5, 0.6) is 11.5 Å². The maximum atomic E-state index is 14.1. The van der Waals surface area contributed by atoms with Crippen molar-refractivity contribution in [2.45, 2.75) is 68.8 Å². The monoisotopic (exact) mass is 760 g/mol. The first kappa shape index (κ1) is 38.3. The molecule has 3 amide bonds. The molecule has 1 aliphatic carbocycles. The lowest BCUT2D eigenvalue weighted by molar-refractivity contribution is -0.144. The van der Waals surface area contributed by atoms with E-state index in [1.54, 1.807) is 32.2 Å². The van der Waals surface area contributed by atoms with Crippen LogP contribution in [-0.4, -0.2) is 90.4 Å². The van der Waals surface area contributed by atoms with Crippen LogP contribution in [0.4, 0.5) is 4.79 Å². The number of carbonyl (C=O) groups excluding carboxylic acids is 2. The van der Waals surface area contributed by atoms with Crippen LogP contribution in [-0.2, 0) is 19.6 Å². The van der Waals surface area contributed by atoms with Gasteiger partial charge >= 0.3 is 12.0 Å². The smallest absolute Gasteiger partial charge is 0.330 e. The molecule has 0 bridgehead atoms. The van der Waals surface area contributed by atoms with Crippen molar-refractivity contribution in [2.75, 3.05) is 20.2 Å². The largest absolute Gasteiger partial charge is 0.497 e. The minimum atomic E-state index is -4.05. The summed E-state index contributed by atoms with van der Waals surface area (Å²) in [7, 11) is -2.48. The number of hydrogen-bond acceptors (Lipinski definition) is 10. The Morgan fingerprint density at radius 3 is 2.54 bits per heavy atom. The van der Waals surface area contributed by atoms with Gasteiger partial charge in [-0.1, -0.05) is 55.4 Å². The first-order chi connectivity index (χ1) is 25.7. The van der Waals surface area contributed by atoms with Crippen LogP contribution < -0.4 is 24.8 Å². The molecule has 16 heteroatoms. The number of fused-ring (bicyclic) bond motifs is 1. The second kappa shape index (κ2) is 15.5. The number of urea groups is 1. The van der Waals surface area contributed by atoms with E-state index in [9.17, 15) is 27.9 Å². The number of ether oxygens (including phenoxy) is 2. The summed E-state index contributed by atoms with van der Waals surface area (Å²) in [5, 5.41) is 19.6. The molecule has 1 saturated carbocycles. The van der Waals surface area contributed by atoms with Crippen molar-refractivity contribution < 1.29 is 41.9 Å². The molecule has 4 aromatic rings. The zero-order chi connectivity index (χ0) is 38.8. The highest BCUT2D eigenvalue weighted by atomic mass is 32.2. The zero-order valence-electron chi connectivity index (χ0n) is 30.4. The van der Waals surface area contributed by atoms with Crippen molar-refractivity contribution >= 4 is 38.8 Å². The van der Waals surface area contributed by atoms with E-state index < -0.39 is 57.6 Å². The fourth-order valence-corrected chi connectivity index (χ4v) is 7.81. The number of aromatic nitrogens is 2. The summed E-state index contributed by atoms with van der Waals surface area (Å²) in [6, 6.07) is 15.6. The fraction of sp³-hybridized carbons (Fsp3) is 0.395. The normalized spacial score (nSPS) is 21.4. The fourth-order valence-electron chi connectivity index (χ4n) is 6.79. The Morgan fingerprint density at radius 2 is 1.91 bits per heavy atom. The van der Waals surface area contributed by atoms with Crippen LogP contribution in [0.3, 0.4) is 0 Å². The molecule has 1 aliphatic heterocycles. The van der Waals surface area contributed by atoms with Gasteiger partial charge in [0.2, 0.25) is 10.9 Å². The molecule has 0 radical (unpaired) electrons. The van der Waals surface area contributed by atoms with E-state index >= 15 is 0 Å². The van der Waals surface area contributed by atoms with Crippen LogP contribution in [0.2, 0.25) is 0 Å².